The van der Waals surface area contributed by atoms with Crippen molar-refractivity contribution in [3.63, 3.8) is 0 Å². The number of ether oxygens (including phenoxy) is 2. The Morgan fingerprint density at radius 1 is 1.50 bits per heavy atom. The van der Waals surface area contributed by atoms with Crippen LogP contribution in [-0.2, 0) is 11.3 Å². The molecule has 1 heterocycles. The largest absolute Gasteiger partial charge is 0.454 e. The van der Waals surface area contributed by atoms with Crippen LogP contribution in [0.1, 0.15) is 12.5 Å². The van der Waals surface area contributed by atoms with E-state index in [4.69, 9.17) is 15.9 Å². The molecule has 1 aromatic carbocycles. The predicted molar refractivity (Wildman–Crippen MR) is 75.3 cm³/mol. The van der Waals surface area contributed by atoms with Crippen LogP contribution in [0.15, 0.2) is 18.2 Å². The van der Waals surface area contributed by atoms with Gasteiger partial charge in [0, 0.05) is 6.54 Å². The first-order chi connectivity index (χ1) is 9.61. The summed E-state index contributed by atoms with van der Waals surface area (Å²) in [4.78, 5) is 13.8. The molecule has 5 heteroatoms. The van der Waals surface area contributed by atoms with Gasteiger partial charge in [0.15, 0.2) is 11.5 Å². The topological polar surface area (TPSA) is 50.8 Å². The van der Waals surface area contributed by atoms with E-state index in [9.17, 15) is 4.79 Å². The molecule has 0 aromatic heterocycles. The number of carbonyl (C=O) groups is 1. The molecule has 0 spiro atoms. The Morgan fingerprint density at radius 3 is 3.00 bits per heavy atom. The molecule has 106 valence electrons. The number of carbonyl (C=O) groups excluding carboxylic acids is 1. The fraction of sp³-hybridized carbons (Fsp3) is 0.400. The summed E-state index contributed by atoms with van der Waals surface area (Å²) >= 11 is 0. The van der Waals surface area contributed by atoms with Gasteiger partial charge in [0.1, 0.15) is 0 Å². The monoisotopic (exact) mass is 274 g/mol. The van der Waals surface area contributed by atoms with Crippen LogP contribution in [0.5, 0.6) is 11.5 Å². The van der Waals surface area contributed by atoms with Crippen LogP contribution in [-0.4, -0.2) is 37.2 Å². The van der Waals surface area contributed by atoms with E-state index in [-0.39, 0.29) is 25.3 Å². The lowest BCUT2D eigenvalue weighted by Gasteiger charge is -2.23. The zero-order valence-corrected chi connectivity index (χ0v) is 11.7. The van der Waals surface area contributed by atoms with Gasteiger partial charge in [0.05, 0.1) is 12.6 Å². The second-order valence-electron chi connectivity index (χ2n) is 4.70. The highest BCUT2D eigenvalue weighted by molar-refractivity contribution is 5.81. The number of rotatable bonds is 5. The normalized spacial score (nSPS) is 13.9. The Balaban J connectivity index is 1.95. The van der Waals surface area contributed by atoms with Gasteiger partial charge in [0.25, 0.3) is 0 Å². The van der Waals surface area contributed by atoms with E-state index >= 15 is 0 Å². The van der Waals surface area contributed by atoms with Gasteiger partial charge in [-0.2, -0.15) is 0 Å². The summed E-state index contributed by atoms with van der Waals surface area (Å²) in [6, 6.07) is 5.53. The minimum absolute atomic E-state index is 0.0776. The molecule has 1 unspecified atom stereocenters. The molecule has 0 bridgehead atoms. The Labute approximate surface area is 118 Å². The minimum atomic E-state index is -0.256. The lowest BCUT2D eigenvalue weighted by Crippen LogP contribution is -2.42. The highest BCUT2D eigenvalue weighted by atomic mass is 16.7. The van der Waals surface area contributed by atoms with Crippen molar-refractivity contribution < 1.29 is 14.3 Å². The number of nitrogens with zero attached hydrogens (tertiary/aromatic N) is 1. The number of hydrogen-bond acceptors (Lipinski definition) is 4. The maximum absolute atomic E-state index is 11.8. The lowest BCUT2D eigenvalue weighted by molar-refractivity contribution is -0.125. The van der Waals surface area contributed by atoms with Gasteiger partial charge < -0.3 is 14.8 Å². The SMILES string of the molecule is C#CCNC(=O)C(C)N(C)Cc1ccc2c(c1)OCO2. The van der Waals surface area contributed by atoms with E-state index in [1.807, 2.05) is 37.1 Å². The molecule has 1 amide bonds. The zero-order chi connectivity index (χ0) is 14.5. The Hall–Kier alpha value is -2.19. The number of benzene rings is 1. The van der Waals surface area contributed by atoms with Crippen molar-refractivity contribution >= 4 is 5.91 Å². The van der Waals surface area contributed by atoms with Gasteiger partial charge in [-0.15, -0.1) is 6.42 Å². The quantitative estimate of drug-likeness (QED) is 0.813. The van der Waals surface area contributed by atoms with Crippen molar-refractivity contribution in [1.82, 2.24) is 10.2 Å². The van der Waals surface area contributed by atoms with Gasteiger partial charge in [-0.3, -0.25) is 9.69 Å². The van der Waals surface area contributed by atoms with Crippen molar-refractivity contribution in [2.75, 3.05) is 20.4 Å². The second-order valence-corrected chi connectivity index (χ2v) is 4.70. The summed E-state index contributed by atoms with van der Waals surface area (Å²) < 4.78 is 10.6. The van der Waals surface area contributed by atoms with Crippen molar-refractivity contribution in [3.8, 4) is 23.8 Å². The summed E-state index contributed by atoms with van der Waals surface area (Å²) in [5.74, 6) is 3.82. The molecule has 0 saturated carbocycles. The Bertz CT molecular complexity index is 536. The van der Waals surface area contributed by atoms with Crippen molar-refractivity contribution in [1.29, 1.82) is 0 Å². The van der Waals surface area contributed by atoms with Crippen molar-refractivity contribution in [2.24, 2.45) is 0 Å². The van der Waals surface area contributed by atoms with Gasteiger partial charge in [-0.25, -0.2) is 0 Å². The van der Waals surface area contributed by atoms with Gasteiger partial charge in [-0.1, -0.05) is 12.0 Å². The highest BCUT2D eigenvalue weighted by Gasteiger charge is 2.19. The van der Waals surface area contributed by atoms with E-state index in [1.165, 1.54) is 0 Å². The molecule has 0 radical (unpaired) electrons. The van der Waals surface area contributed by atoms with E-state index < -0.39 is 0 Å². The first-order valence-electron chi connectivity index (χ1n) is 6.41. The molecule has 5 nitrogen and oxygen atoms in total. The molecule has 1 atom stereocenters. The molecule has 1 aliphatic heterocycles. The molecule has 0 fully saturated rings. The standard InChI is InChI=1S/C15H18N2O3/c1-4-7-16-15(18)11(2)17(3)9-12-5-6-13-14(8-12)20-10-19-13/h1,5-6,8,11H,7,9-10H2,2-3H3,(H,16,18). The minimum Gasteiger partial charge on any atom is -0.454 e. The Morgan fingerprint density at radius 2 is 2.25 bits per heavy atom. The number of nitrogens with one attached hydrogen (secondary N) is 1. The average molecular weight is 274 g/mol. The van der Waals surface area contributed by atoms with Crippen molar-refractivity contribution in [2.45, 2.75) is 19.5 Å². The molecular weight excluding hydrogens is 256 g/mol. The molecule has 1 aliphatic rings. The predicted octanol–water partition coefficient (Wildman–Crippen LogP) is 0.985. The number of terminal acetylenes is 1. The van der Waals surface area contributed by atoms with E-state index in [0.717, 1.165) is 17.1 Å². The second kappa shape index (κ2) is 6.31. The Kier molecular flexibility index (Phi) is 4.49. The summed E-state index contributed by atoms with van der Waals surface area (Å²) in [7, 11) is 1.89. The number of fused-ring (bicyclic) bond motifs is 1. The summed E-state index contributed by atoms with van der Waals surface area (Å²) in [6.07, 6.45) is 5.12. The molecule has 1 N–H and O–H groups in total. The van der Waals surface area contributed by atoms with E-state index in [0.29, 0.717) is 6.54 Å². The van der Waals surface area contributed by atoms with Gasteiger partial charge in [0.2, 0.25) is 12.7 Å². The first-order valence-corrected chi connectivity index (χ1v) is 6.41. The molecule has 0 aliphatic carbocycles. The van der Waals surface area contributed by atoms with Crippen LogP contribution in [0, 0.1) is 12.3 Å². The first kappa shape index (κ1) is 14.2. The summed E-state index contributed by atoms with van der Waals surface area (Å²) in [6.45, 7) is 3.00. The fourth-order valence-electron chi connectivity index (χ4n) is 1.95. The maximum Gasteiger partial charge on any atom is 0.237 e. The van der Waals surface area contributed by atoms with Gasteiger partial charge in [-0.05, 0) is 31.7 Å². The molecule has 0 saturated heterocycles. The summed E-state index contributed by atoms with van der Waals surface area (Å²) in [5.41, 5.74) is 1.06. The van der Waals surface area contributed by atoms with Crippen LogP contribution in [0.2, 0.25) is 0 Å². The molecule has 20 heavy (non-hydrogen) atoms. The maximum atomic E-state index is 11.8. The third kappa shape index (κ3) is 3.22. The van der Waals surface area contributed by atoms with Crippen LogP contribution in [0.3, 0.4) is 0 Å². The number of amides is 1. The third-order valence-electron chi connectivity index (χ3n) is 3.27. The number of likely N-dealkylation sites (N-methyl/N-ethyl adjacent to an activating group) is 1. The molecular formula is C15H18N2O3. The molecule has 2 rings (SSSR count). The third-order valence-corrected chi connectivity index (χ3v) is 3.27. The highest BCUT2D eigenvalue weighted by Crippen LogP contribution is 2.32. The summed E-state index contributed by atoms with van der Waals surface area (Å²) in [5, 5.41) is 2.68. The van der Waals surface area contributed by atoms with E-state index in [2.05, 4.69) is 11.2 Å². The average Bonchev–Trinajstić information content (AvgIpc) is 2.91. The zero-order valence-electron chi connectivity index (χ0n) is 11.7. The molecule has 1 aromatic rings. The van der Waals surface area contributed by atoms with Crippen LogP contribution in [0.25, 0.3) is 0 Å². The van der Waals surface area contributed by atoms with Crippen molar-refractivity contribution in [3.05, 3.63) is 23.8 Å². The fourth-order valence-corrected chi connectivity index (χ4v) is 1.95. The lowest BCUT2D eigenvalue weighted by atomic mass is 10.1. The van der Waals surface area contributed by atoms with E-state index in [1.54, 1.807) is 0 Å². The van der Waals surface area contributed by atoms with Crippen LogP contribution in [0.4, 0.5) is 0 Å². The smallest absolute Gasteiger partial charge is 0.237 e. The van der Waals surface area contributed by atoms with Crippen LogP contribution < -0.4 is 14.8 Å². The van der Waals surface area contributed by atoms with Gasteiger partial charge >= 0.3 is 0 Å². The van der Waals surface area contributed by atoms with Crippen LogP contribution >= 0.6 is 0 Å². The number of hydrogen-bond donors (Lipinski definition) is 1.